The fourth-order valence-electron chi connectivity index (χ4n) is 4.04. The van der Waals surface area contributed by atoms with E-state index in [2.05, 4.69) is 27.7 Å². The van der Waals surface area contributed by atoms with Gasteiger partial charge in [-0.2, -0.15) is 0 Å². The molecule has 0 saturated carbocycles. The molecule has 0 bridgehead atoms. The highest BCUT2D eigenvalue weighted by molar-refractivity contribution is 6.50. The van der Waals surface area contributed by atoms with Gasteiger partial charge in [0.1, 0.15) is 0 Å². The van der Waals surface area contributed by atoms with Crippen molar-refractivity contribution in [2.24, 2.45) is 0 Å². The number of fused-ring (bicyclic) bond motifs is 1. The quantitative estimate of drug-likeness (QED) is 0.299. The molecule has 1 aliphatic rings. The van der Waals surface area contributed by atoms with Crippen molar-refractivity contribution >= 4 is 46.4 Å². The molecule has 3 aromatic carbocycles. The molecule has 172 valence electrons. The third kappa shape index (κ3) is 4.99. The van der Waals surface area contributed by atoms with Gasteiger partial charge < -0.3 is 20.6 Å². The van der Waals surface area contributed by atoms with Gasteiger partial charge in [-0.15, -0.1) is 0 Å². The number of nitrogens with zero attached hydrogens (tertiary/aromatic N) is 1. The summed E-state index contributed by atoms with van der Waals surface area (Å²) in [6.07, 6.45) is 3.32. The molecule has 0 saturated heterocycles. The van der Waals surface area contributed by atoms with Crippen molar-refractivity contribution in [2.75, 3.05) is 29.1 Å². The van der Waals surface area contributed by atoms with Crippen LogP contribution < -0.4 is 15.5 Å². The fourth-order valence-corrected chi connectivity index (χ4v) is 4.04. The fraction of sp³-hybridized carbons (Fsp3) is 0.148. The number of rotatable bonds is 7. The van der Waals surface area contributed by atoms with E-state index in [9.17, 15) is 14.7 Å². The highest BCUT2D eigenvalue weighted by Crippen LogP contribution is 2.35. The van der Waals surface area contributed by atoms with E-state index in [1.54, 1.807) is 24.3 Å². The summed E-state index contributed by atoms with van der Waals surface area (Å²) < 4.78 is 0. The predicted octanol–water partition coefficient (Wildman–Crippen LogP) is 4.94. The van der Waals surface area contributed by atoms with E-state index in [-0.39, 0.29) is 5.57 Å². The number of aliphatic carboxylic acids is 1. The molecule has 3 aromatic rings. The van der Waals surface area contributed by atoms with Crippen molar-refractivity contribution in [3.8, 4) is 0 Å². The standard InChI is InChI=1S/C27H26N4O3/c1-29-20-10-12-22(13-11-20)31-15-5-6-19-16-18(9-14-24(19)31)17-23(25(28)27(33)34)26(32)30-21-7-3-2-4-8-21/h2-4,7-14,16-17,28-29H,5-6,15H2,1H3,(H,30,32)(H,33,34)/b23-17-,28-25?. The second kappa shape index (κ2) is 10.0. The largest absolute Gasteiger partial charge is 0.477 e. The van der Waals surface area contributed by atoms with E-state index >= 15 is 0 Å². The molecular weight excluding hydrogens is 428 g/mol. The molecule has 0 spiro atoms. The van der Waals surface area contributed by atoms with Crippen LogP contribution in [0.4, 0.5) is 22.7 Å². The lowest BCUT2D eigenvalue weighted by Gasteiger charge is -2.31. The Hall–Kier alpha value is -4.39. The number of para-hydroxylation sites is 1. The zero-order valence-electron chi connectivity index (χ0n) is 18.8. The van der Waals surface area contributed by atoms with Gasteiger partial charge >= 0.3 is 5.97 Å². The number of amides is 1. The normalized spacial score (nSPS) is 13.1. The highest BCUT2D eigenvalue weighted by atomic mass is 16.4. The van der Waals surface area contributed by atoms with Crippen molar-refractivity contribution in [3.63, 3.8) is 0 Å². The number of hydrogen-bond acceptors (Lipinski definition) is 5. The molecule has 0 aromatic heterocycles. The van der Waals surface area contributed by atoms with Gasteiger partial charge in [0.15, 0.2) is 5.71 Å². The minimum Gasteiger partial charge on any atom is -0.477 e. The van der Waals surface area contributed by atoms with Crippen LogP contribution in [-0.4, -0.2) is 36.3 Å². The van der Waals surface area contributed by atoms with Crippen LogP contribution in [-0.2, 0) is 16.0 Å². The van der Waals surface area contributed by atoms with Crippen LogP contribution in [0.5, 0.6) is 0 Å². The van der Waals surface area contributed by atoms with Gasteiger partial charge in [0.05, 0.1) is 5.57 Å². The number of nitrogens with one attached hydrogen (secondary N) is 3. The number of carbonyl (C=O) groups excluding carboxylic acids is 1. The van der Waals surface area contributed by atoms with Crippen LogP contribution in [0.2, 0.25) is 0 Å². The maximum Gasteiger partial charge on any atom is 0.354 e. The molecule has 7 nitrogen and oxygen atoms in total. The minimum atomic E-state index is -1.45. The number of anilines is 4. The van der Waals surface area contributed by atoms with Gasteiger partial charge in [-0.3, -0.25) is 10.2 Å². The van der Waals surface area contributed by atoms with Gasteiger partial charge in [-0.25, -0.2) is 4.79 Å². The third-order valence-electron chi connectivity index (χ3n) is 5.76. The summed E-state index contributed by atoms with van der Waals surface area (Å²) in [6, 6.07) is 22.8. The molecular formula is C27H26N4O3. The lowest BCUT2D eigenvalue weighted by molar-refractivity contribution is -0.129. The molecule has 1 aliphatic heterocycles. The van der Waals surface area contributed by atoms with Gasteiger partial charge in [0.2, 0.25) is 0 Å². The van der Waals surface area contributed by atoms with E-state index in [1.807, 2.05) is 43.4 Å². The van der Waals surface area contributed by atoms with Crippen LogP contribution in [0, 0.1) is 5.41 Å². The maximum absolute atomic E-state index is 12.8. The average molecular weight is 455 g/mol. The Balaban J connectivity index is 1.65. The predicted molar refractivity (Wildman–Crippen MR) is 136 cm³/mol. The zero-order chi connectivity index (χ0) is 24.1. The minimum absolute atomic E-state index is 0.202. The second-order valence-electron chi connectivity index (χ2n) is 8.00. The first-order valence-corrected chi connectivity index (χ1v) is 11.0. The Kier molecular flexibility index (Phi) is 6.73. The van der Waals surface area contributed by atoms with Gasteiger partial charge in [0, 0.05) is 36.3 Å². The van der Waals surface area contributed by atoms with Crippen LogP contribution in [0.3, 0.4) is 0 Å². The van der Waals surface area contributed by atoms with Gasteiger partial charge in [-0.1, -0.05) is 24.3 Å². The van der Waals surface area contributed by atoms with Gasteiger partial charge in [-0.05, 0) is 78.6 Å². The molecule has 4 rings (SSSR count). The number of benzene rings is 3. The first kappa shape index (κ1) is 22.8. The number of carboxylic acids is 1. The second-order valence-corrected chi connectivity index (χ2v) is 8.00. The van der Waals surface area contributed by atoms with Crippen molar-refractivity contribution in [3.05, 3.63) is 89.5 Å². The molecule has 1 amide bonds. The van der Waals surface area contributed by atoms with Crippen molar-refractivity contribution in [2.45, 2.75) is 12.8 Å². The van der Waals surface area contributed by atoms with Crippen LogP contribution >= 0.6 is 0 Å². The van der Waals surface area contributed by atoms with Crippen molar-refractivity contribution in [1.82, 2.24) is 0 Å². The summed E-state index contributed by atoms with van der Waals surface area (Å²) in [5.74, 6) is -2.09. The van der Waals surface area contributed by atoms with E-state index in [1.165, 1.54) is 6.08 Å². The third-order valence-corrected chi connectivity index (χ3v) is 5.76. The van der Waals surface area contributed by atoms with Crippen LogP contribution in [0.25, 0.3) is 6.08 Å². The van der Waals surface area contributed by atoms with E-state index in [0.29, 0.717) is 11.3 Å². The Morgan fingerprint density at radius 1 is 1.00 bits per heavy atom. The first-order valence-electron chi connectivity index (χ1n) is 11.0. The molecule has 0 unspecified atom stereocenters. The van der Waals surface area contributed by atoms with E-state index in [4.69, 9.17) is 5.41 Å². The molecule has 34 heavy (non-hydrogen) atoms. The summed E-state index contributed by atoms with van der Waals surface area (Å²) in [5, 5.41) is 23.1. The smallest absolute Gasteiger partial charge is 0.354 e. The van der Waals surface area contributed by atoms with Crippen molar-refractivity contribution in [1.29, 1.82) is 5.41 Å². The number of hydrogen-bond donors (Lipinski definition) is 4. The molecule has 0 aliphatic carbocycles. The Morgan fingerprint density at radius 3 is 2.41 bits per heavy atom. The highest BCUT2D eigenvalue weighted by Gasteiger charge is 2.22. The van der Waals surface area contributed by atoms with Gasteiger partial charge in [0.25, 0.3) is 5.91 Å². The molecule has 4 N–H and O–H groups in total. The number of carbonyl (C=O) groups is 2. The lowest BCUT2D eigenvalue weighted by atomic mass is 9.97. The Labute approximate surface area is 198 Å². The molecule has 0 fully saturated rings. The van der Waals surface area contributed by atoms with E-state index < -0.39 is 17.6 Å². The summed E-state index contributed by atoms with van der Waals surface area (Å²) in [6.45, 7) is 0.898. The summed E-state index contributed by atoms with van der Waals surface area (Å²) >= 11 is 0. The molecule has 1 heterocycles. The van der Waals surface area contributed by atoms with Crippen LogP contribution in [0.1, 0.15) is 17.5 Å². The first-order chi connectivity index (χ1) is 16.5. The average Bonchev–Trinajstić information content (AvgIpc) is 2.87. The number of carboxylic acid groups (broad SMARTS) is 1. The molecule has 0 atom stereocenters. The Bertz CT molecular complexity index is 1250. The number of aryl methyl sites for hydroxylation is 1. The lowest BCUT2D eigenvalue weighted by Crippen LogP contribution is -2.25. The zero-order valence-corrected chi connectivity index (χ0v) is 18.8. The molecule has 7 heteroatoms. The Morgan fingerprint density at radius 2 is 1.74 bits per heavy atom. The SMILES string of the molecule is CNc1ccc(N2CCCc3cc(/C=C(/C(=N)C(=O)O)C(=O)Nc4ccccc4)ccc32)cc1. The summed E-state index contributed by atoms with van der Waals surface area (Å²) in [5.41, 5.74) is 4.59. The van der Waals surface area contributed by atoms with E-state index in [0.717, 1.165) is 42.0 Å². The van der Waals surface area contributed by atoms with Crippen molar-refractivity contribution < 1.29 is 14.7 Å². The van der Waals surface area contributed by atoms with Crippen LogP contribution in [0.15, 0.2) is 78.4 Å². The summed E-state index contributed by atoms with van der Waals surface area (Å²) in [7, 11) is 1.89. The molecule has 0 radical (unpaired) electrons. The maximum atomic E-state index is 12.8. The summed E-state index contributed by atoms with van der Waals surface area (Å²) in [4.78, 5) is 26.6. The monoisotopic (exact) mass is 454 g/mol. The topological polar surface area (TPSA) is 106 Å².